The molecule has 2 aromatic carbocycles. The number of aromatic nitrogens is 2. The molecule has 2 heterocycles. The van der Waals surface area contributed by atoms with E-state index in [-0.39, 0.29) is 12.7 Å². The molecule has 0 unspecified atom stereocenters. The van der Waals surface area contributed by atoms with Crippen molar-refractivity contribution in [2.75, 3.05) is 36.4 Å². The van der Waals surface area contributed by atoms with Gasteiger partial charge in [0.05, 0.1) is 0 Å². The zero-order chi connectivity index (χ0) is 20.4. The Bertz CT molecular complexity index is 1050. The smallest absolute Gasteiger partial charge is 0.255 e. The lowest BCUT2D eigenvalue weighted by Crippen LogP contribution is -2.13. The Labute approximate surface area is 168 Å². The van der Waals surface area contributed by atoms with Crippen LogP contribution in [0.5, 0.6) is 11.5 Å². The molecular weight excluding hydrogens is 370 g/mol. The fourth-order valence-electron chi connectivity index (χ4n) is 2.84. The monoisotopic (exact) mass is 391 g/mol. The van der Waals surface area contributed by atoms with Crippen LogP contribution in [0.25, 0.3) is 0 Å². The van der Waals surface area contributed by atoms with Gasteiger partial charge in [-0.25, -0.2) is 4.98 Å². The quantitative estimate of drug-likeness (QED) is 0.687. The lowest BCUT2D eigenvalue weighted by atomic mass is 10.2. The number of carbonyl (C=O) groups is 1. The molecule has 0 spiro atoms. The zero-order valence-electron chi connectivity index (χ0n) is 16.4. The van der Waals surface area contributed by atoms with Gasteiger partial charge in [-0.1, -0.05) is 0 Å². The lowest BCUT2D eigenvalue weighted by molar-refractivity contribution is 0.102. The van der Waals surface area contributed by atoms with Crippen molar-refractivity contribution in [3.63, 3.8) is 0 Å². The highest BCUT2D eigenvalue weighted by Crippen LogP contribution is 2.32. The van der Waals surface area contributed by atoms with Crippen LogP contribution < -0.4 is 25.0 Å². The minimum Gasteiger partial charge on any atom is -0.454 e. The van der Waals surface area contributed by atoms with Gasteiger partial charge in [0.2, 0.25) is 12.7 Å². The summed E-state index contributed by atoms with van der Waals surface area (Å²) in [7, 11) is 3.87. The first-order valence-electron chi connectivity index (χ1n) is 9.09. The van der Waals surface area contributed by atoms with Crippen LogP contribution in [0, 0.1) is 6.92 Å². The number of benzene rings is 2. The SMILES string of the molecule is Cc1cc(N(C)C)nc(Nc2ccc(NC(=O)c3ccc4c(c3)OCO4)cc2)n1. The summed E-state index contributed by atoms with van der Waals surface area (Å²) in [6.45, 7) is 2.10. The van der Waals surface area contributed by atoms with Crippen molar-refractivity contribution in [1.82, 2.24) is 9.97 Å². The summed E-state index contributed by atoms with van der Waals surface area (Å²) in [5, 5.41) is 6.06. The van der Waals surface area contributed by atoms with Gasteiger partial charge in [0.15, 0.2) is 11.5 Å². The summed E-state index contributed by atoms with van der Waals surface area (Å²) in [4.78, 5) is 23.3. The Morgan fingerprint density at radius 1 is 0.966 bits per heavy atom. The van der Waals surface area contributed by atoms with Crippen molar-refractivity contribution in [3.8, 4) is 11.5 Å². The van der Waals surface area contributed by atoms with Crippen molar-refractivity contribution in [3.05, 3.63) is 59.8 Å². The number of nitrogens with one attached hydrogen (secondary N) is 2. The zero-order valence-corrected chi connectivity index (χ0v) is 16.4. The number of amides is 1. The van der Waals surface area contributed by atoms with Crippen LogP contribution in [0.2, 0.25) is 0 Å². The molecule has 0 fully saturated rings. The first-order chi connectivity index (χ1) is 14.0. The average Bonchev–Trinajstić information content (AvgIpc) is 3.17. The Balaban J connectivity index is 1.43. The maximum atomic E-state index is 12.5. The molecule has 8 heteroatoms. The second kappa shape index (κ2) is 7.67. The van der Waals surface area contributed by atoms with Crippen LogP contribution in [-0.4, -0.2) is 36.8 Å². The number of hydrogen-bond acceptors (Lipinski definition) is 7. The van der Waals surface area contributed by atoms with Crippen molar-refractivity contribution < 1.29 is 14.3 Å². The Morgan fingerprint density at radius 2 is 1.69 bits per heavy atom. The van der Waals surface area contributed by atoms with Gasteiger partial charge in [0.25, 0.3) is 5.91 Å². The molecule has 1 amide bonds. The standard InChI is InChI=1S/C21H21N5O3/c1-13-10-19(26(2)3)25-21(22-13)24-16-7-5-15(6-8-16)23-20(27)14-4-9-17-18(11-14)29-12-28-17/h4-11H,12H2,1-3H3,(H,23,27)(H,22,24,25). The predicted molar refractivity (Wildman–Crippen MR) is 111 cm³/mol. The van der Waals surface area contributed by atoms with Gasteiger partial charge in [-0.2, -0.15) is 4.98 Å². The molecule has 2 N–H and O–H groups in total. The van der Waals surface area contributed by atoms with Crippen molar-refractivity contribution >= 4 is 29.0 Å². The van der Waals surface area contributed by atoms with Gasteiger partial charge < -0.3 is 25.0 Å². The summed E-state index contributed by atoms with van der Waals surface area (Å²) in [6, 6.07) is 14.4. The normalized spacial score (nSPS) is 11.8. The van der Waals surface area contributed by atoms with E-state index in [2.05, 4.69) is 20.6 Å². The van der Waals surface area contributed by atoms with Crippen LogP contribution in [0.1, 0.15) is 16.1 Å². The molecule has 8 nitrogen and oxygen atoms in total. The third-order valence-electron chi connectivity index (χ3n) is 4.33. The maximum Gasteiger partial charge on any atom is 0.255 e. The highest BCUT2D eigenvalue weighted by molar-refractivity contribution is 6.04. The molecule has 0 saturated heterocycles. The Kier molecular flexibility index (Phi) is 4.90. The summed E-state index contributed by atoms with van der Waals surface area (Å²) in [5.74, 6) is 2.35. The Hall–Kier alpha value is -3.81. The molecule has 0 bridgehead atoms. The van der Waals surface area contributed by atoms with E-state index >= 15 is 0 Å². The van der Waals surface area contributed by atoms with E-state index in [1.54, 1.807) is 18.2 Å². The van der Waals surface area contributed by atoms with Crippen molar-refractivity contribution in [1.29, 1.82) is 0 Å². The second-order valence-corrected chi connectivity index (χ2v) is 6.81. The predicted octanol–water partition coefficient (Wildman–Crippen LogP) is 3.58. The second-order valence-electron chi connectivity index (χ2n) is 6.81. The van der Waals surface area contributed by atoms with E-state index in [4.69, 9.17) is 9.47 Å². The minimum atomic E-state index is -0.221. The maximum absolute atomic E-state index is 12.5. The number of aryl methyl sites for hydroxylation is 1. The summed E-state index contributed by atoms with van der Waals surface area (Å²) in [6.07, 6.45) is 0. The lowest BCUT2D eigenvalue weighted by Gasteiger charge is -2.14. The van der Waals surface area contributed by atoms with Crippen LogP contribution in [0.3, 0.4) is 0 Å². The molecule has 1 aromatic heterocycles. The molecule has 0 saturated carbocycles. The number of rotatable bonds is 5. The average molecular weight is 391 g/mol. The molecule has 0 atom stereocenters. The number of ether oxygens (including phenoxy) is 2. The molecule has 148 valence electrons. The van der Waals surface area contributed by atoms with E-state index in [1.807, 2.05) is 56.3 Å². The van der Waals surface area contributed by atoms with Gasteiger partial charge in [0.1, 0.15) is 5.82 Å². The first kappa shape index (κ1) is 18.5. The number of hydrogen-bond donors (Lipinski definition) is 2. The summed E-state index contributed by atoms with van der Waals surface area (Å²) >= 11 is 0. The minimum absolute atomic E-state index is 0.176. The largest absolute Gasteiger partial charge is 0.454 e. The molecule has 0 aliphatic carbocycles. The van der Waals surface area contributed by atoms with E-state index in [9.17, 15) is 4.79 Å². The fourth-order valence-corrected chi connectivity index (χ4v) is 2.84. The van der Waals surface area contributed by atoms with Gasteiger partial charge in [0, 0.05) is 42.8 Å². The molecular formula is C21H21N5O3. The van der Waals surface area contributed by atoms with Crippen LogP contribution in [0.4, 0.5) is 23.1 Å². The van der Waals surface area contributed by atoms with Crippen molar-refractivity contribution in [2.45, 2.75) is 6.92 Å². The van der Waals surface area contributed by atoms with Crippen LogP contribution >= 0.6 is 0 Å². The van der Waals surface area contributed by atoms with Gasteiger partial charge in [-0.05, 0) is 49.4 Å². The van der Waals surface area contributed by atoms with Crippen LogP contribution in [-0.2, 0) is 0 Å². The molecule has 1 aliphatic rings. The van der Waals surface area contributed by atoms with E-state index in [0.29, 0.717) is 28.7 Å². The fraction of sp³-hybridized carbons (Fsp3) is 0.190. The number of carbonyl (C=O) groups excluding carboxylic acids is 1. The summed E-state index contributed by atoms with van der Waals surface area (Å²) < 4.78 is 10.6. The number of anilines is 4. The van der Waals surface area contributed by atoms with E-state index < -0.39 is 0 Å². The third-order valence-corrected chi connectivity index (χ3v) is 4.33. The molecule has 29 heavy (non-hydrogen) atoms. The molecule has 4 rings (SSSR count). The van der Waals surface area contributed by atoms with E-state index in [0.717, 1.165) is 17.2 Å². The van der Waals surface area contributed by atoms with E-state index in [1.165, 1.54) is 0 Å². The topological polar surface area (TPSA) is 88.6 Å². The van der Waals surface area contributed by atoms with Crippen LogP contribution in [0.15, 0.2) is 48.5 Å². The first-order valence-corrected chi connectivity index (χ1v) is 9.09. The summed E-state index contributed by atoms with van der Waals surface area (Å²) in [5.41, 5.74) is 2.87. The van der Waals surface area contributed by atoms with Gasteiger partial charge >= 0.3 is 0 Å². The highest BCUT2D eigenvalue weighted by Gasteiger charge is 2.16. The highest BCUT2D eigenvalue weighted by atomic mass is 16.7. The number of fused-ring (bicyclic) bond motifs is 1. The third kappa shape index (κ3) is 4.21. The molecule has 0 radical (unpaired) electrons. The molecule has 3 aromatic rings. The molecule has 1 aliphatic heterocycles. The number of nitrogens with zero attached hydrogens (tertiary/aromatic N) is 3. The van der Waals surface area contributed by atoms with Gasteiger partial charge in [-0.3, -0.25) is 4.79 Å². The van der Waals surface area contributed by atoms with Crippen molar-refractivity contribution in [2.24, 2.45) is 0 Å². The Morgan fingerprint density at radius 3 is 2.45 bits per heavy atom. The van der Waals surface area contributed by atoms with Gasteiger partial charge in [-0.15, -0.1) is 0 Å².